The molecule has 0 atom stereocenters. The molecule has 0 radical (unpaired) electrons. The third-order valence-corrected chi connectivity index (χ3v) is 2.27. The van der Waals surface area contributed by atoms with Gasteiger partial charge in [-0.2, -0.15) is 4.98 Å². The molecule has 15 heavy (non-hydrogen) atoms. The van der Waals surface area contributed by atoms with Crippen molar-refractivity contribution in [3.63, 3.8) is 0 Å². The first-order valence-electron chi connectivity index (χ1n) is 4.59. The summed E-state index contributed by atoms with van der Waals surface area (Å²) in [5, 5.41) is 4.40. The van der Waals surface area contributed by atoms with Gasteiger partial charge in [0, 0.05) is 6.42 Å². The minimum Gasteiger partial charge on any atom is -0.334 e. The maximum atomic E-state index is 5.99. The van der Waals surface area contributed by atoms with Gasteiger partial charge in [0.25, 0.3) is 5.89 Å². The Morgan fingerprint density at radius 3 is 2.87 bits per heavy atom. The van der Waals surface area contributed by atoms with Gasteiger partial charge in [-0.15, -0.1) is 0 Å². The summed E-state index contributed by atoms with van der Waals surface area (Å²) in [7, 11) is 0. The van der Waals surface area contributed by atoms with Crippen LogP contribution >= 0.6 is 11.6 Å². The van der Waals surface area contributed by atoms with E-state index in [-0.39, 0.29) is 0 Å². The lowest BCUT2D eigenvalue weighted by Crippen LogP contribution is -2.03. The van der Waals surface area contributed by atoms with Crippen molar-refractivity contribution in [2.75, 3.05) is 6.54 Å². The van der Waals surface area contributed by atoms with E-state index in [4.69, 9.17) is 21.9 Å². The molecule has 78 valence electrons. The average Bonchev–Trinajstić information content (AvgIpc) is 2.68. The van der Waals surface area contributed by atoms with Gasteiger partial charge in [0.15, 0.2) is 5.82 Å². The van der Waals surface area contributed by atoms with Gasteiger partial charge in [-0.1, -0.05) is 28.9 Å². The van der Waals surface area contributed by atoms with E-state index in [9.17, 15) is 0 Å². The van der Waals surface area contributed by atoms with Crippen LogP contribution in [0.4, 0.5) is 0 Å². The first-order valence-corrected chi connectivity index (χ1v) is 4.96. The van der Waals surface area contributed by atoms with Gasteiger partial charge in [0.1, 0.15) is 0 Å². The molecule has 0 aliphatic carbocycles. The first kappa shape index (κ1) is 10.1. The Morgan fingerprint density at radius 2 is 2.13 bits per heavy atom. The van der Waals surface area contributed by atoms with Crippen molar-refractivity contribution < 1.29 is 4.52 Å². The molecule has 0 saturated heterocycles. The molecule has 0 aliphatic heterocycles. The molecular weight excluding hydrogens is 214 g/mol. The van der Waals surface area contributed by atoms with Crippen LogP contribution in [-0.4, -0.2) is 16.7 Å². The van der Waals surface area contributed by atoms with Crippen molar-refractivity contribution in [1.82, 2.24) is 10.1 Å². The smallest absolute Gasteiger partial charge is 0.259 e. The molecule has 1 aromatic carbocycles. The van der Waals surface area contributed by atoms with E-state index in [1.165, 1.54) is 0 Å². The highest BCUT2D eigenvalue weighted by molar-refractivity contribution is 6.33. The second-order valence-electron chi connectivity index (χ2n) is 3.03. The lowest BCUT2D eigenvalue weighted by atomic mass is 10.2. The molecule has 1 heterocycles. The molecule has 4 nitrogen and oxygen atoms in total. The number of nitrogens with zero attached hydrogens (tertiary/aromatic N) is 2. The fourth-order valence-corrected chi connectivity index (χ4v) is 1.45. The van der Waals surface area contributed by atoms with Gasteiger partial charge in [0.05, 0.1) is 10.6 Å². The minimum atomic E-state index is 0.434. The Labute approximate surface area is 92.0 Å². The lowest BCUT2D eigenvalue weighted by molar-refractivity contribution is 0.422. The van der Waals surface area contributed by atoms with E-state index < -0.39 is 0 Å². The summed E-state index contributed by atoms with van der Waals surface area (Å²) in [5.74, 6) is 1.04. The van der Waals surface area contributed by atoms with Gasteiger partial charge < -0.3 is 10.3 Å². The third kappa shape index (κ3) is 2.16. The zero-order chi connectivity index (χ0) is 10.7. The summed E-state index contributed by atoms with van der Waals surface area (Å²) in [5.41, 5.74) is 6.14. The van der Waals surface area contributed by atoms with Crippen molar-refractivity contribution in [2.24, 2.45) is 5.73 Å². The molecule has 2 aromatic rings. The number of hydrogen-bond donors (Lipinski definition) is 1. The van der Waals surface area contributed by atoms with Crippen LogP contribution in [-0.2, 0) is 6.42 Å². The van der Waals surface area contributed by atoms with Crippen LogP contribution in [0.3, 0.4) is 0 Å². The van der Waals surface area contributed by atoms with Crippen molar-refractivity contribution in [3.05, 3.63) is 35.1 Å². The molecule has 0 spiro atoms. The molecule has 0 fully saturated rings. The number of hydrogen-bond acceptors (Lipinski definition) is 4. The Balaban J connectivity index is 2.33. The van der Waals surface area contributed by atoms with Crippen molar-refractivity contribution in [3.8, 4) is 11.5 Å². The summed E-state index contributed by atoms with van der Waals surface area (Å²) in [6.07, 6.45) is 0.605. The number of halogens is 1. The van der Waals surface area contributed by atoms with E-state index in [1.807, 2.05) is 18.2 Å². The Kier molecular flexibility index (Phi) is 2.99. The summed E-state index contributed by atoms with van der Waals surface area (Å²) < 4.78 is 5.08. The summed E-state index contributed by atoms with van der Waals surface area (Å²) in [6, 6.07) is 7.34. The second-order valence-corrected chi connectivity index (χ2v) is 3.44. The van der Waals surface area contributed by atoms with Crippen LogP contribution in [0.25, 0.3) is 11.5 Å². The number of benzene rings is 1. The maximum Gasteiger partial charge on any atom is 0.259 e. The molecular formula is C10H10ClN3O. The zero-order valence-electron chi connectivity index (χ0n) is 7.98. The molecule has 2 N–H and O–H groups in total. The zero-order valence-corrected chi connectivity index (χ0v) is 8.74. The summed E-state index contributed by atoms with van der Waals surface area (Å²) >= 11 is 5.99. The van der Waals surface area contributed by atoms with Gasteiger partial charge >= 0.3 is 0 Å². The highest BCUT2D eigenvalue weighted by Gasteiger charge is 2.10. The normalized spacial score (nSPS) is 10.5. The molecule has 0 unspecified atom stereocenters. The maximum absolute atomic E-state index is 5.99. The topological polar surface area (TPSA) is 64.9 Å². The summed E-state index contributed by atoms with van der Waals surface area (Å²) in [4.78, 5) is 4.19. The molecule has 5 heteroatoms. The molecule has 1 aromatic heterocycles. The van der Waals surface area contributed by atoms with Crippen LogP contribution in [0.2, 0.25) is 5.02 Å². The van der Waals surface area contributed by atoms with E-state index in [1.54, 1.807) is 6.07 Å². The van der Waals surface area contributed by atoms with E-state index in [2.05, 4.69) is 10.1 Å². The molecule has 0 bridgehead atoms. The second kappa shape index (κ2) is 4.42. The van der Waals surface area contributed by atoms with Crippen LogP contribution < -0.4 is 5.73 Å². The van der Waals surface area contributed by atoms with Gasteiger partial charge in [-0.25, -0.2) is 0 Å². The molecule has 0 amide bonds. The van der Waals surface area contributed by atoms with Crippen LogP contribution in [0.15, 0.2) is 28.8 Å². The molecule has 0 aliphatic rings. The Hall–Kier alpha value is -1.39. The number of nitrogens with two attached hydrogens (primary N) is 1. The predicted octanol–water partition coefficient (Wildman–Crippen LogP) is 1.89. The van der Waals surface area contributed by atoms with Gasteiger partial charge in [-0.05, 0) is 18.7 Å². The fourth-order valence-electron chi connectivity index (χ4n) is 1.23. The van der Waals surface area contributed by atoms with Gasteiger partial charge in [-0.3, -0.25) is 0 Å². The number of aromatic nitrogens is 2. The fraction of sp³-hybridized carbons (Fsp3) is 0.200. The average molecular weight is 224 g/mol. The highest BCUT2D eigenvalue weighted by atomic mass is 35.5. The van der Waals surface area contributed by atoms with E-state index in [0.717, 1.165) is 5.56 Å². The van der Waals surface area contributed by atoms with Crippen molar-refractivity contribution >= 4 is 11.6 Å². The predicted molar refractivity (Wildman–Crippen MR) is 57.5 cm³/mol. The van der Waals surface area contributed by atoms with Crippen LogP contribution in [0, 0.1) is 0 Å². The summed E-state index contributed by atoms with van der Waals surface area (Å²) in [6.45, 7) is 0.501. The van der Waals surface area contributed by atoms with E-state index >= 15 is 0 Å². The Bertz CT molecular complexity index is 455. The van der Waals surface area contributed by atoms with Crippen molar-refractivity contribution in [1.29, 1.82) is 0 Å². The van der Waals surface area contributed by atoms with Crippen LogP contribution in [0.5, 0.6) is 0 Å². The highest BCUT2D eigenvalue weighted by Crippen LogP contribution is 2.25. The van der Waals surface area contributed by atoms with Crippen LogP contribution in [0.1, 0.15) is 5.82 Å². The SMILES string of the molecule is NCCc1noc(-c2ccccc2Cl)n1. The Morgan fingerprint density at radius 1 is 1.33 bits per heavy atom. The lowest BCUT2D eigenvalue weighted by Gasteiger charge is -1.95. The third-order valence-electron chi connectivity index (χ3n) is 1.94. The molecule has 0 saturated carbocycles. The quantitative estimate of drug-likeness (QED) is 0.863. The largest absolute Gasteiger partial charge is 0.334 e. The minimum absolute atomic E-state index is 0.434. The van der Waals surface area contributed by atoms with Gasteiger partial charge in [0.2, 0.25) is 0 Å². The standard InChI is InChI=1S/C10H10ClN3O/c11-8-4-2-1-3-7(8)10-13-9(5-6-12)14-15-10/h1-4H,5-6,12H2. The monoisotopic (exact) mass is 223 g/mol. The first-order chi connectivity index (χ1) is 7.31. The molecule has 2 rings (SSSR count). The van der Waals surface area contributed by atoms with Crippen molar-refractivity contribution in [2.45, 2.75) is 6.42 Å². The van der Waals surface area contributed by atoms with E-state index in [0.29, 0.717) is 29.7 Å². The number of rotatable bonds is 3.